The van der Waals surface area contributed by atoms with Crippen LogP contribution in [0.4, 0.5) is 11.4 Å². The molecule has 3 aromatic carbocycles. The van der Waals surface area contributed by atoms with Crippen molar-refractivity contribution in [1.29, 1.82) is 0 Å². The molecule has 3 amide bonds. The highest BCUT2D eigenvalue weighted by Crippen LogP contribution is 2.29. The summed E-state index contributed by atoms with van der Waals surface area (Å²) in [5, 5.41) is 8.96. The van der Waals surface area contributed by atoms with E-state index in [2.05, 4.69) is 16.0 Å². The monoisotopic (exact) mass is 456 g/mol. The van der Waals surface area contributed by atoms with E-state index < -0.39 is 24.0 Å². The van der Waals surface area contributed by atoms with Gasteiger partial charge in [-0.3, -0.25) is 14.4 Å². The molecular formula is C27H28N4O3. The molecule has 0 unspecified atom stereocenters. The summed E-state index contributed by atoms with van der Waals surface area (Å²) in [6, 6.07) is 23.4. The number of likely N-dealkylation sites (N-methyl/N-ethyl adjacent to an activating group) is 1. The van der Waals surface area contributed by atoms with Crippen LogP contribution in [0.2, 0.25) is 0 Å². The first kappa shape index (κ1) is 23.2. The Morgan fingerprint density at radius 2 is 1.53 bits per heavy atom. The highest BCUT2D eigenvalue weighted by atomic mass is 16.2. The molecule has 0 bridgehead atoms. The van der Waals surface area contributed by atoms with Gasteiger partial charge in [-0.1, -0.05) is 66.7 Å². The third kappa shape index (κ3) is 4.84. The highest BCUT2D eigenvalue weighted by molar-refractivity contribution is 6.19. The number of hydrogen-bond acceptors (Lipinski definition) is 5. The van der Waals surface area contributed by atoms with Crippen LogP contribution in [-0.4, -0.2) is 36.9 Å². The molecule has 174 valence electrons. The zero-order valence-corrected chi connectivity index (χ0v) is 19.2. The molecule has 0 spiro atoms. The fourth-order valence-electron chi connectivity index (χ4n) is 4.00. The molecule has 3 N–H and O–H groups in total. The van der Waals surface area contributed by atoms with Crippen molar-refractivity contribution in [1.82, 2.24) is 10.6 Å². The summed E-state index contributed by atoms with van der Waals surface area (Å²) in [4.78, 5) is 41.7. The Hall–Kier alpha value is -3.97. The number of fused-ring (bicyclic) bond motifs is 1. The number of nitrogens with one attached hydrogen (secondary N) is 3. The van der Waals surface area contributed by atoms with E-state index in [-0.39, 0.29) is 11.8 Å². The van der Waals surface area contributed by atoms with E-state index in [1.165, 1.54) is 4.90 Å². The van der Waals surface area contributed by atoms with Crippen molar-refractivity contribution in [2.24, 2.45) is 0 Å². The minimum absolute atomic E-state index is 0.337. The predicted molar refractivity (Wildman–Crippen MR) is 132 cm³/mol. The number of benzene rings is 3. The van der Waals surface area contributed by atoms with Gasteiger partial charge in [0.25, 0.3) is 11.8 Å². The van der Waals surface area contributed by atoms with Gasteiger partial charge >= 0.3 is 0 Å². The molecule has 0 aliphatic carbocycles. The first-order chi connectivity index (χ1) is 16.5. The number of amides is 3. The minimum atomic E-state index is -1.03. The van der Waals surface area contributed by atoms with Crippen LogP contribution < -0.4 is 20.9 Å². The Labute approximate surface area is 199 Å². The van der Waals surface area contributed by atoms with Crippen LogP contribution >= 0.6 is 0 Å². The molecule has 0 saturated heterocycles. The van der Waals surface area contributed by atoms with Gasteiger partial charge in [0.2, 0.25) is 5.91 Å². The van der Waals surface area contributed by atoms with Crippen LogP contribution in [0.5, 0.6) is 0 Å². The molecule has 3 aromatic rings. The Balaban J connectivity index is 1.70. The van der Waals surface area contributed by atoms with Gasteiger partial charge in [0.1, 0.15) is 12.1 Å². The van der Waals surface area contributed by atoms with Gasteiger partial charge in [-0.25, -0.2) is 4.90 Å². The lowest BCUT2D eigenvalue weighted by molar-refractivity contribution is -0.132. The molecule has 0 fully saturated rings. The van der Waals surface area contributed by atoms with Gasteiger partial charge in [0.15, 0.2) is 0 Å². The number of para-hydroxylation sites is 2. The predicted octanol–water partition coefficient (Wildman–Crippen LogP) is 3.05. The van der Waals surface area contributed by atoms with Gasteiger partial charge < -0.3 is 16.0 Å². The van der Waals surface area contributed by atoms with Gasteiger partial charge in [-0.05, 0) is 43.3 Å². The van der Waals surface area contributed by atoms with Crippen molar-refractivity contribution in [2.75, 3.05) is 17.3 Å². The maximum absolute atomic E-state index is 14.0. The Morgan fingerprint density at radius 1 is 0.912 bits per heavy atom. The van der Waals surface area contributed by atoms with E-state index in [1.54, 1.807) is 62.5 Å². The van der Waals surface area contributed by atoms with Gasteiger partial charge in [-0.15, -0.1) is 0 Å². The van der Waals surface area contributed by atoms with E-state index in [0.717, 1.165) is 11.3 Å². The van der Waals surface area contributed by atoms with Crippen molar-refractivity contribution < 1.29 is 14.4 Å². The number of hydrogen-bond donors (Lipinski definition) is 3. The second kappa shape index (κ2) is 10.3. The third-order valence-corrected chi connectivity index (χ3v) is 6.02. The number of imide groups is 1. The molecule has 0 aromatic heterocycles. The summed E-state index contributed by atoms with van der Waals surface area (Å²) in [6.07, 6.45) is 0.477. The van der Waals surface area contributed by atoms with E-state index >= 15 is 0 Å². The molecule has 1 aliphatic heterocycles. The molecule has 7 nitrogen and oxygen atoms in total. The average Bonchev–Trinajstić information content (AvgIpc) is 3.32. The number of nitrogens with zero attached hydrogens (tertiary/aromatic N) is 1. The van der Waals surface area contributed by atoms with Crippen LogP contribution in [0.1, 0.15) is 24.1 Å². The summed E-state index contributed by atoms with van der Waals surface area (Å²) >= 11 is 0. The topological polar surface area (TPSA) is 90.5 Å². The zero-order valence-electron chi connectivity index (χ0n) is 19.2. The van der Waals surface area contributed by atoms with Crippen molar-refractivity contribution in [2.45, 2.75) is 31.5 Å². The molecule has 0 saturated carbocycles. The number of carbonyl (C=O) groups excluding carboxylic acids is 3. The lowest BCUT2D eigenvalue weighted by Crippen LogP contribution is -2.52. The van der Waals surface area contributed by atoms with Crippen LogP contribution in [0.25, 0.3) is 0 Å². The van der Waals surface area contributed by atoms with E-state index in [1.807, 2.05) is 36.4 Å². The largest absolute Gasteiger partial charge is 0.373 e. The minimum Gasteiger partial charge on any atom is -0.373 e. The summed E-state index contributed by atoms with van der Waals surface area (Å²) < 4.78 is 0. The second-order valence-electron chi connectivity index (χ2n) is 8.27. The van der Waals surface area contributed by atoms with E-state index in [4.69, 9.17) is 0 Å². The molecule has 0 radical (unpaired) electrons. The first-order valence-electron chi connectivity index (χ1n) is 11.3. The molecule has 7 heteroatoms. The van der Waals surface area contributed by atoms with Crippen LogP contribution in [0.3, 0.4) is 0 Å². The van der Waals surface area contributed by atoms with E-state index in [9.17, 15) is 14.4 Å². The van der Waals surface area contributed by atoms with E-state index in [0.29, 0.717) is 17.7 Å². The first-order valence-corrected chi connectivity index (χ1v) is 11.3. The fraction of sp³-hybridized carbons (Fsp3) is 0.222. The maximum atomic E-state index is 14.0. The number of rotatable bonds is 7. The lowest BCUT2D eigenvalue weighted by Gasteiger charge is -2.29. The lowest BCUT2D eigenvalue weighted by atomic mass is 10.0. The normalized spacial score (nSPS) is 16.0. The highest BCUT2D eigenvalue weighted by Gasteiger charge is 2.38. The average molecular weight is 457 g/mol. The maximum Gasteiger partial charge on any atom is 0.261 e. The molecule has 4 rings (SSSR count). The molecular weight excluding hydrogens is 428 g/mol. The van der Waals surface area contributed by atoms with Gasteiger partial charge in [-0.2, -0.15) is 0 Å². The Bertz CT molecular complexity index is 1140. The zero-order chi connectivity index (χ0) is 24.1. The summed E-state index contributed by atoms with van der Waals surface area (Å²) in [5.74, 6) is -1.22. The van der Waals surface area contributed by atoms with Crippen molar-refractivity contribution in [3.05, 3.63) is 96.1 Å². The smallest absolute Gasteiger partial charge is 0.261 e. The SMILES string of the molecule is CN[C@@H](C)C(=O)N[C@H](C(=O)N(C(=O)[C@@H]1Cc2ccccc2N1)c1ccccc1)c1ccccc1. The van der Waals surface area contributed by atoms with Crippen molar-refractivity contribution >= 4 is 29.1 Å². The Kier molecular flexibility index (Phi) is 7.04. The number of anilines is 2. The fourth-order valence-corrected chi connectivity index (χ4v) is 4.00. The van der Waals surface area contributed by atoms with Crippen molar-refractivity contribution in [3.8, 4) is 0 Å². The summed E-state index contributed by atoms with van der Waals surface area (Å²) in [7, 11) is 1.67. The second-order valence-corrected chi connectivity index (χ2v) is 8.27. The van der Waals surface area contributed by atoms with Gasteiger partial charge in [0, 0.05) is 12.1 Å². The Morgan fingerprint density at radius 3 is 2.18 bits per heavy atom. The standard InChI is InChI=1S/C27H28N4O3/c1-18(28-2)25(32)30-24(19-11-5-3-6-12-19)27(34)31(21-14-7-4-8-15-21)26(33)23-17-20-13-9-10-16-22(20)29-23/h3-16,18,23-24,28-29H,17H2,1-2H3,(H,30,32)/t18-,23-,24-/m0/s1. The summed E-state index contributed by atoms with van der Waals surface area (Å²) in [6.45, 7) is 1.71. The van der Waals surface area contributed by atoms with Crippen LogP contribution in [0, 0.1) is 0 Å². The summed E-state index contributed by atoms with van der Waals surface area (Å²) in [5.41, 5.74) is 2.96. The van der Waals surface area contributed by atoms with Crippen LogP contribution in [-0.2, 0) is 20.8 Å². The van der Waals surface area contributed by atoms with Crippen molar-refractivity contribution in [3.63, 3.8) is 0 Å². The third-order valence-electron chi connectivity index (χ3n) is 6.02. The molecule has 34 heavy (non-hydrogen) atoms. The number of carbonyl (C=O) groups is 3. The quantitative estimate of drug-likeness (QED) is 0.508. The molecule has 1 aliphatic rings. The molecule has 3 atom stereocenters. The van der Waals surface area contributed by atoms with Crippen LogP contribution in [0.15, 0.2) is 84.9 Å². The molecule has 1 heterocycles. The van der Waals surface area contributed by atoms with Gasteiger partial charge in [0.05, 0.1) is 11.7 Å².